The number of amides is 2. The predicted octanol–water partition coefficient (Wildman–Crippen LogP) is 1.66. The van der Waals surface area contributed by atoms with Gasteiger partial charge in [0.25, 0.3) is 5.91 Å². The number of carbonyl (C=O) groups is 2. The van der Waals surface area contributed by atoms with Crippen molar-refractivity contribution in [1.82, 2.24) is 4.98 Å². The molecule has 1 saturated carbocycles. The summed E-state index contributed by atoms with van der Waals surface area (Å²) in [5.41, 5.74) is 11.8. The summed E-state index contributed by atoms with van der Waals surface area (Å²) in [5, 5.41) is 2.84. The molecule has 2 amide bonds. The Morgan fingerprint density at radius 3 is 2.45 bits per heavy atom. The van der Waals surface area contributed by atoms with Gasteiger partial charge in [0.1, 0.15) is 5.69 Å². The Bertz CT molecular complexity index is 558. The van der Waals surface area contributed by atoms with Crippen LogP contribution < -0.4 is 16.8 Å². The monoisotopic (exact) mass is 304 g/mol. The number of hydrogen-bond donors (Lipinski definition) is 3. The fourth-order valence-corrected chi connectivity index (χ4v) is 2.99. The zero-order valence-electron chi connectivity index (χ0n) is 13.1. The largest absolute Gasteiger partial charge is 0.364 e. The lowest BCUT2D eigenvalue weighted by Crippen LogP contribution is -2.43. The molecule has 6 nitrogen and oxygen atoms in total. The van der Waals surface area contributed by atoms with E-state index in [-0.39, 0.29) is 23.1 Å². The molecule has 0 radical (unpaired) electrons. The number of anilines is 1. The zero-order valence-corrected chi connectivity index (χ0v) is 13.1. The fraction of sp³-hybridized carbons (Fsp3) is 0.562. The van der Waals surface area contributed by atoms with Crippen LogP contribution in [0.1, 0.15) is 50.0 Å². The molecule has 1 aromatic heterocycles. The van der Waals surface area contributed by atoms with Crippen LogP contribution in [0.4, 0.5) is 5.69 Å². The quantitative estimate of drug-likeness (QED) is 0.785. The third kappa shape index (κ3) is 4.04. The van der Waals surface area contributed by atoms with E-state index in [9.17, 15) is 9.59 Å². The molecule has 0 bridgehead atoms. The van der Waals surface area contributed by atoms with Crippen molar-refractivity contribution in [2.24, 2.45) is 23.3 Å². The number of nitrogens with one attached hydrogen (secondary N) is 1. The van der Waals surface area contributed by atoms with Crippen LogP contribution >= 0.6 is 0 Å². The first-order valence-corrected chi connectivity index (χ1v) is 7.63. The van der Waals surface area contributed by atoms with Gasteiger partial charge in [-0.25, -0.2) is 0 Å². The van der Waals surface area contributed by atoms with Crippen LogP contribution in [0, 0.1) is 11.8 Å². The Kier molecular flexibility index (Phi) is 4.81. The number of nitrogens with zero attached hydrogens (tertiary/aromatic N) is 1. The number of nitrogens with two attached hydrogens (primary N) is 2. The van der Waals surface area contributed by atoms with Crippen LogP contribution in [-0.4, -0.2) is 22.3 Å². The number of carbonyl (C=O) groups excluding carboxylic acids is 2. The van der Waals surface area contributed by atoms with Crippen molar-refractivity contribution in [3.63, 3.8) is 0 Å². The molecular formula is C16H24N4O2. The molecule has 1 heterocycles. The Labute approximate surface area is 130 Å². The summed E-state index contributed by atoms with van der Waals surface area (Å²) >= 11 is 0. The summed E-state index contributed by atoms with van der Waals surface area (Å²) in [6.45, 7) is 4.08. The van der Waals surface area contributed by atoms with E-state index in [0.29, 0.717) is 11.6 Å². The number of hydrogen-bond acceptors (Lipinski definition) is 4. The second kappa shape index (κ2) is 6.44. The van der Waals surface area contributed by atoms with Gasteiger partial charge in [0.2, 0.25) is 5.91 Å². The molecule has 0 spiro atoms. The second-order valence-corrected chi connectivity index (χ2v) is 6.65. The lowest BCUT2D eigenvalue weighted by molar-refractivity contribution is -0.121. The van der Waals surface area contributed by atoms with Gasteiger partial charge in [-0.15, -0.1) is 0 Å². The minimum Gasteiger partial charge on any atom is -0.364 e. The maximum atomic E-state index is 12.3. The minimum absolute atomic E-state index is 0.0104. The third-order valence-electron chi connectivity index (χ3n) is 4.43. The third-order valence-corrected chi connectivity index (χ3v) is 4.43. The van der Waals surface area contributed by atoms with E-state index in [4.69, 9.17) is 11.5 Å². The van der Waals surface area contributed by atoms with Crippen molar-refractivity contribution in [2.45, 2.75) is 45.1 Å². The zero-order chi connectivity index (χ0) is 16.3. The standard InChI is InChI=1S/C16H24N4O2/c1-16(2,18)11-5-3-10(4-6-11)15(22)20-12-7-8-19-13(9-12)14(17)21/h7-11H,3-6,18H2,1-2H3,(H2,17,21)(H,19,20,22). The minimum atomic E-state index is -0.609. The van der Waals surface area contributed by atoms with E-state index in [0.717, 1.165) is 25.7 Å². The van der Waals surface area contributed by atoms with Gasteiger partial charge in [-0.3, -0.25) is 14.6 Å². The molecule has 1 fully saturated rings. The lowest BCUT2D eigenvalue weighted by Gasteiger charge is -2.36. The summed E-state index contributed by atoms with van der Waals surface area (Å²) in [7, 11) is 0. The molecule has 2 rings (SSSR count). The van der Waals surface area contributed by atoms with Gasteiger partial charge in [0, 0.05) is 23.3 Å². The molecule has 1 aromatic rings. The Morgan fingerprint density at radius 1 is 1.27 bits per heavy atom. The van der Waals surface area contributed by atoms with Gasteiger partial charge in [-0.1, -0.05) is 0 Å². The molecule has 22 heavy (non-hydrogen) atoms. The molecule has 6 heteroatoms. The summed E-state index contributed by atoms with van der Waals surface area (Å²) in [4.78, 5) is 27.3. The molecule has 120 valence electrons. The van der Waals surface area contributed by atoms with Crippen LogP contribution in [0.5, 0.6) is 0 Å². The van der Waals surface area contributed by atoms with E-state index in [1.807, 2.05) is 13.8 Å². The second-order valence-electron chi connectivity index (χ2n) is 6.65. The van der Waals surface area contributed by atoms with Crippen molar-refractivity contribution in [2.75, 3.05) is 5.32 Å². The lowest BCUT2D eigenvalue weighted by atomic mass is 9.73. The van der Waals surface area contributed by atoms with Crippen molar-refractivity contribution in [3.05, 3.63) is 24.0 Å². The molecule has 0 aromatic carbocycles. The van der Waals surface area contributed by atoms with Crippen LogP contribution in [0.2, 0.25) is 0 Å². The van der Waals surface area contributed by atoms with E-state index >= 15 is 0 Å². The molecule has 1 aliphatic carbocycles. The molecule has 0 saturated heterocycles. The number of pyridine rings is 1. The van der Waals surface area contributed by atoms with Crippen LogP contribution in [0.15, 0.2) is 18.3 Å². The van der Waals surface area contributed by atoms with E-state index < -0.39 is 5.91 Å². The van der Waals surface area contributed by atoms with E-state index in [1.165, 1.54) is 12.3 Å². The Balaban J connectivity index is 1.94. The highest BCUT2D eigenvalue weighted by molar-refractivity contribution is 5.95. The SMILES string of the molecule is CC(C)(N)C1CCC(C(=O)Nc2ccnc(C(N)=O)c2)CC1. The topological polar surface area (TPSA) is 111 Å². The summed E-state index contributed by atoms with van der Waals surface area (Å²) < 4.78 is 0. The first kappa shape index (κ1) is 16.4. The van der Waals surface area contributed by atoms with Gasteiger partial charge in [0.15, 0.2) is 0 Å². The Hall–Kier alpha value is -1.95. The van der Waals surface area contributed by atoms with Gasteiger partial charge in [-0.2, -0.15) is 0 Å². The summed E-state index contributed by atoms with van der Waals surface area (Å²) in [6.07, 6.45) is 5.06. The van der Waals surface area contributed by atoms with E-state index in [2.05, 4.69) is 10.3 Å². The average molecular weight is 304 g/mol. The predicted molar refractivity (Wildman–Crippen MR) is 85.1 cm³/mol. The Morgan fingerprint density at radius 2 is 1.91 bits per heavy atom. The first-order valence-electron chi connectivity index (χ1n) is 7.63. The van der Waals surface area contributed by atoms with Crippen molar-refractivity contribution in [1.29, 1.82) is 0 Å². The summed E-state index contributed by atoms with van der Waals surface area (Å²) in [5.74, 6) is -0.181. The van der Waals surface area contributed by atoms with Gasteiger partial charge >= 0.3 is 0 Å². The van der Waals surface area contributed by atoms with Crippen molar-refractivity contribution < 1.29 is 9.59 Å². The normalized spacial score (nSPS) is 22.1. The number of primary amides is 1. The van der Waals surface area contributed by atoms with Crippen molar-refractivity contribution >= 4 is 17.5 Å². The molecule has 0 unspecified atom stereocenters. The molecular weight excluding hydrogens is 280 g/mol. The highest BCUT2D eigenvalue weighted by atomic mass is 16.2. The number of rotatable bonds is 4. The van der Waals surface area contributed by atoms with Crippen LogP contribution in [0.25, 0.3) is 0 Å². The fourth-order valence-electron chi connectivity index (χ4n) is 2.99. The van der Waals surface area contributed by atoms with Crippen molar-refractivity contribution in [3.8, 4) is 0 Å². The summed E-state index contributed by atoms with van der Waals surface area (Å²) in [6, 6.07) is 3.15. The van der Waals surface area contributed by atoms with E-state index in [1.54, 1.807) is 6.07 Å². The van der Waals surface area contributed by atoms with Gasteiger partial charge < -0.3 is 16.8 Å². The smallest absolute Gasteiger partial charge is 0.267 e. The molecule has 0 atom stereocenters. The highest BCUT2D eigenvalue weighted by Gasteiger charge is 2.32. The molecule has 5 N–H and O–H groups in total. The first-order chi connectivity index (χ1) is 10.3. The highest BCUT2D eigenvalue weighted by Crippen LogP contribution is 2.34. The van der Waals surface area contributed by atoms with Crippen LogP contribution in [0.3, 0.4) is 0 Å². The van der Waals surface area contributed by atoms with Gasteiger partial charge in [-0.05, 0) is 57.6 Å². The van der Waals surface area contributed by atoms with Gasteiger partial charge in [0.05, 0.1) is 0 Å². The number of aromatic nitrogens is 1. The maximum absolute atomic E-state index is 12.3. The molecule has 1 aliphatic rings. The van der Waals surface area contributed by atoms with Crippen LogP contribution in [-0.2, 0) is 4.79 Å². The molecule has 0 aliphatic heterocycles. The average Bonchev–Trinajstić information content (AvgIpc) is 2.46. The maximum Gasteiger partial charge on any atom is 0.267 e.